The van der Waals surface area contributed by atoms with Crippen molar-refractivity contribution in [3.05, 3.63) is 35.4 Å². The van der Waals surface area contributed by atoms with Crippen LogP contribution in [0.5, 0.6) is 0 Å². The summed E-state index contributed by atoms with van der Waals surface area (Å²) >= 11 is 0. The van der Waals surface area contributed by atoms with E-state index in [4.69, 9.17) is 4.74 Å². The molecule has 0 radical (unpaired) electrons. The van der Waals surface area contributed by atoms with Crippen LogP contribution in [0, 0.1) is 0 Å². The van der Waals surface area contributed by atoms with E-state index in [9.17, 15) is 4.79 Å². The number of benzene rings is 1. The first-order valence-corrected chi connectivity index (χ1v) is 10.7. The maximum atomic E-state index is 12.6. The minimum absolute atomic E-state index is 0.159. The fourth-order valence-electron chi connectivity index (χ4n) is 4.03. The lowest BCUT2D eigenvalue weighted by Crippen LogP contribution is -2.46. The average molecular weight is 387 g/mol. The Morgan fingerprint density at radius 1 is 1.07 bits per heavy atom. The van der Waals surface area contributed by atoms with Crippen LogP contribution in [0.25, 0.3) is 0 Å². The van der Waals surface area contributed by atoms with Crippen LogP contribution < -0.4 is 5.32 Å². The van der Waals surface area contributed by atoms with Gasteiger partial charge in [-0.05, 0) is 56.7 Å². The van der Waals surface area contributed by atoms with Crippen molar-refractivity contribution < 1.29 is 9.53 Å². The molecule has 0 aromatic heterocycles. The van der Waals surface area contributed by atoms with E-state index in [1.165, 1.54) is 6.42 Å². The number of carbonyl (C=O) groups excluding carboxylic acids is 1. The summed E-state index contributed by atoms with van der Waals surface area (Å²) in [6.07, 6.45) is 5.94. The lowest BCUT2D eigenvalue weighted by Gasteiger charge is -2.34. The van der Waals surface area contributed by atoms with Gasteiger partial charge in [-0.25, -0.2) is 0 Å². The summed E-state index contributed by atoms with van der Waals surface area (Å²) in [5.74, 6) is 1.09. The first kappa shape index (κ1) is 20.6. The molecule has 0 spiro atoms. The van der Waals surface area contributed by atoms with E-state index < -0.39 is 0 Å². The highest BCUT2D eigenvalue weighted by Gasteiger charge is 2.21. The van der Waals surface area contributed by atoms with Gasteiger partial charge in [0.15, 0.2) is 5.96 Å². The van der Waals surface area contributed by atoms with Crippen molar-refractivity contribution in [1.29, 1.82) is 0 Å². The van der Waals surface area contributed by atoms with Gasteiger partial charge in [-0.1, -0.05) is 12.1 Å². The third-order valence-corrected chi connectivity index (χ3v) is 5.65. The Labute approximate surface area is 168 Å². The number of amides is 1. The van der Waals surface area contributed by atoms with Gasteiger partial charge in [0.05, 0.1) is 6.10 Å². The van der Waals surface area contributed by atoms with Crippen molar-refractivity contribution >= 4 is 11.9 Å². The molecule has 1 amide bonds. The number of carbonyl (C=O) groups is 1. The van der Waals surface area contributed by atoms with Crippen LogP contribution in [0.15, 0.2) is 29.3 Å². The fraction of sp³-hybridized carbons (Fsp3) is 0.636. The zero-order valence-electron chi connectivity index (χ0n) is 17.3. The number of hydrogen-bond donors (Lipinski definition) is 1. The van der Waals surface area contributed by atoms with Crippen molar-refractivity contribution in [2.75, 3.05) is 39.8 Å². The molecule has 2 aliphatic rings. The minimum Gasteiger partial charge on any atom is -0.378 e. The van der Waals surface area contributed by atoms with Crippen molar-refractivity contribution in [1.82, 2.24) is 15.1 Å². The summed E-state index contributed by atoms with van der Waals surface area (Å²) in [5, 5.41) is 3.45. The van der Waals surface area contributed by atoms with E-state index in [0.29, 0.717) is 12.6 Å². The van der Waals surface area contributed by atoms with Crippen LogP contribution in [-0.4, -0.2) is 67.6 Å². The second kappa shape index (κ2) is 10.5. The van der Waals surface area contributed by atoms with E-state index in [2.05, 4.69) is 22.1 Å². The largest absolute Gasteiger partial charge is 0.378 e. The van der Waals surface area contributed by atoms with Crippen LogP contribution >= 0.6 is 0 Å². The maximum Gasteiger partial charge on any atom is 0.253 e. The predicted octanol–water partition coefficient (Wildman–Crippen LogP) is 2.89. The smallest absolute Gasteiger partial charge is 0.253 e. The number of hydrogen-bond acceptors (Lipinski definition) is 3. The van der Waals surface area contributed by atoms with Gasteiger partial charge in [0.2, 0.25) is 0 Å². The lowest BCUT2D eigenvalue weighted by molar-refractivity contribution is 0.0263. The van der Waals surface area contributed by atoms with E-state index >= 15 is 0 Å². The first-order chi connectivity index (χ1) is 13.7. The molecule has 1 aromatic rings. The SMILES string of the molecule is CCOC1CCN(C(=NC)NCc2ccc(C(=O)N3CCCCC3)cc2)CC1. The van der Waals surface area contributed by atoms with Crippen LogP contribution in [0.1, 0.15) is 54.9 Å². The summed E-state index contributed by atoms with van der Waals surface area (Å²) in [6.45, 7) is 7.25. The molecular weight excluding hydrogens is 352 g/mol. The number of likely N-dealkylation sites (tertiary alicyclic amines) is 2. The highest BCUT2D eigenvalue weighted by Crippen LogP contribution is 2.15. The third-order valence-electron chi connectivity index (χ3n) is 5.65. The molecule has 0 bridgehead atoms. The molecule has 0 atom stereocenters. The fourth-order valence-corrected chi connectivity index (χ4v) is 4.03. The van der Waals surface area contributed by atoms with E-state index in [1.54, 1.807) is 0 Å². The Bertz CT molecular complexity index is 645. The number of ether oxygens (including phenoxy) is 1. The Morgan fingerprint density at radius 3 is 2.36 bits per heavy atom. The monoisotopic (exact) mass is 386 g/mol. The molecule has 0 saturated carbocycles. The van der Waals surface area contributed by atoms with Crippen LogP contribution in [-0.2, 0) is 11.3 Å². The lowest BCUT2D eigenvalue weighted by atomic mass is 10.1. The number of guanidine groups is 1. The van der Waals surface area contributed by atoms with Gasteiger partial charge >= 0.3 is 0 Å². The predicted molar refractivity (Wildman–Crippen MR) is 113 cm³/mol. The van der Waals surface area contributed by atoms with E-state index in [0.717, 1.165) is 75.6 Å². The Morgan fingerprint density at radius 2 is 1.75 bits per heavy atom. The summed E-state index contributed by atoms with van der Waals surface area (Å²) in [6, 6.07) is 7.98. The topological polar surface area (TPSA) is 57.2 Å². The van der Waals surface area contributed by atoms with E-state index in [1.807, 2.05) is 36.2 Å². The number of aliphatic imine (C=N–C) groups is 1. The molecule has 2 heterocycles. The molecule has 1 aromatic carbocycles. The van der Waals surface area contributed by atoms with Gasteiger partial charge in [0, 0.05) is 51.9 Å². The van der Waals surface area contributed by atoms with Gasteiger partial charge in [0.1, 0.15) is 0 Å². The molecule has 6 heteroatoms. The third kappa shape index (κ3) is 5.47. The molecule has 3 rings (SSSR count). The molecule has 2 saturated heterocycles. The molecule has 154 valence electrons. The number of nitrogens with zero attached hydrogens (tertiary/aromatic N) is 3. The van der Waals surface area contributed by atoms with Crippen molar-refractivity contribution in [3.8, 4) is 0 Å². The quantitative estimate of drug-likeness (QED) is 0.624. The highest BCUT2D eigenvalue weighted by atomic mass is 16.5. The Kier molecular flexibility index (Phi) is 7.71. The standard InChI is InChI=1S/C22H34N4O2/c1-3-28-20-11-15-26(16-12-20)22(23-2)24-17-18-7-9-19(10-8-18)21(27)25-13-5-4-6-14-25/h7-10,20H,3-6,11-17H2,1-2H3,(H,23,24). The van der Waals surface area contributed by atoms with Gasteiger partial charge in [-0.3, -0.25) is 9.79 Å². The summed E-state index contributed by atoms with van der Waals surface area (Å²) < 4.78 is 5.73. The summed E-state index contributed by atoms with van der Waals surface area (Å²) in [5.41, 5.74) is 1.94. The van der Waals surface area contributed by atoms with Crippen LogP contribution in [0.3, 0.4) is 0 Å². The molecule has 2 fully saturated rings. The molecular formula is C22H34N4O2. The second-order valence-corrected chi connectivity index (χ2v) is 7.59. The normalized spacial score (nSPS) is 19.0. The summed E-state index contributed by atoms with van der Waals surface area (Å²) in [7, 11) is 1.83. The molecule has 0 aliphatic carbocycles. The minimum atomic E-state index is 0.159. The number of piperidine rings is 2. The Balaban J connectivity index is 1.49. The maximum absolute atomic E-state index is 12.6. The number of rotatable bonds is 5. The molecule has 6 nitrogen and oxygen atoms in total. The van der Waals surface area contributed by atoms with E-state index in [-0.39, 0.29) is 5.91 Å². The molecule has 0 unspecified atom stereocenters. The zero-order valence-corrected chi connectivity index (χ0v) is 17.3. The average Bonchev–Trinajstić information content (AvgIpc) is 2.76. The first-order valence-electron chi connectivity index (χ1n) is 10.7. The Hall–Kier alpha value is -2.08. The molecule has 28 heavy (non-hydrogen) atoms. The van der Waals surface area contributed by atoms with Crippen molar-refractivity contribution in [2.45, 2.75) is 51.7 Å². The van der Waals surface area contributed by atoms with Gasteiger partial charge in [-0.2, -0.15) is 0 Å². The van der Waals surface area contributed by atoms with Crippen molar-refractivity contribution in [2.24, 2.45) is 4.99 Å². The van der Waals surface area contributed by atoms with Crippen LogP contribution in [0.4, 0.5) is 0 Å². The molecule has 1 N–H and O–H groups in total. The second-order valence-electron chi connectivity index (χ2n) is 7.59. The summed E-state index contributed by atoms with van der Waals surface area (Å²) in [4.78, 5) is 21.3. The van der Waals surface area contributed by atoms with Crippen molar-refractivity contribution in [3.63, 3.8) is 0 Å². The van der Waals surface area contributed by atoms with Gasteiger partial charge < -0.3 is 19.9 Å². The van der Waals surface area contributed by atoms with Gasteiger partial charge in [-0.15, -0.1) is 0 Å². The van der Waals surface area contributed by atoms with Gasteiger partial charge in [0.25, 0.3) is 5.91 Å². The number of nitrogens with one attached hydrogen (secondary N) is 1. The van der Waals surface area contributed by atoms with Crippen LogP contribution in [0.2, 0.25) is 0 Å². The highest BCUT2D eigenvalue weighted by molar-refractivity contribution is 5.94. The molecule has 2 aliphatic heterocycles. The zero-order chi connectivity index (χ0) is 19.8.